The second kappa shape index (κ2) is 32.3. The topological polar surface area (TPSA) is 37.7 Å². The number of para-hydroxylation sites is 2. The van der Waals surface area contributed by atoms with Gasteiger partial charge < -0.3 is 23.2 Å². The van der Waals surface area contributed by atoms with Crippen molar-refractivity contribution in [3.05, 3.63) is 485 Å². The van der Waals surface area contributed by atoms with Gasteiger partial charge in [-0.1, -0.05) is 397 Å². The second-order valence-electron chi connectivity index (χ2n) is 37.3. The fourth-order valence-electron chi connectivity index (χ4n) is 21.8. The molecule has 0 radical (unpaired) electrons. The first-order valence-electron chi connectivity index (χ1n) is 47.1. The van der Waals surface area contributed by atoms with Crippen LogP contribution in [0, 0.1) is 0 Å². The molecule has 3 aromatic heterocycles. The van der Waals surface area contributed by atoms with Crippen molar-refractivity contribution in [2.45, 2.75) is 26.2 Å². The third kappa shape index (κ3) is 13.4. The second-order valence-corrected chi connectivity index (χ2v) is 37.3. The summed E-state index contributed by atoms with van der Waals surface area (Å²) < 4.78 is 18.1. The maximum absolute atomic E-state index is 7.79. The molecule has 136 heavy (non-hydrogen) atoms. The molecular weight excluding hydrogens is 1650 g/mol. The minimum atomic E-state index is -0.470. The molecule has 5 heterocycles. The van der Waals surface area contributed by atoms with Gasteiger partial charge in [-0.05, 0) is 242 Å². The minimum absolute atomic E-state index is 0.419. The zero-order valence-corrected chi connectivity index (χ0v) is 75.3. The Kier molecular flexibility index (Phi) is 18.9. The number of nitrogens with zero attached hydrogens (tertiary/aromatic N) is 3. The van der Waals surface area contributed by atoms with E-state index in [1.165, 1.54) is 0 Å². The molecule has 24 aromatic rings. The zero-order valence-electron chi connectivity index (χ0n) is 75.3. The van der Waals surface area contributed by atoms with Crippen LogP contribution in [0.3, 0.4) is 0 Å². The summed E-state index contributed by atoms with van der Waals surface area (Å²) in [7, 11) is 0. The molecule has 2 aliphatic rings. The van der Waals surface area contributed by atoms with Gasteiger partial charge in [-0.25, -0.2) is 0 Å². The van der Waals surface area contributed by atoms with Gasteiger partial charge in [0.25, 0.3) is 6.71 Å². The Bertz CT molecular complexity index is 8780. The highest BCUT2D eigenvalue weighted by molar-refractivity contribution is 7.00. The highest BCUT2D eigenvalue weighted by Gasteiger charge is 2.47. The molecule has 0 atom stereocenters. The van der Waals surface area contributed by atoms with Crippen LogP contribution in [0.2, 0.25) is 0 Å². The third-order valence-electron chi connectivity index (χ3n) is 28.3. The summed E-state index contributed by atoms with van der Waals surface area (Å²) in [6.07, 6.45) is 0. The molecule has 0 aliphatic carbocycles. The Morgan fingerprint density at radius 1 is 0.213 bits per heavy atom. The van der Waals surface area contributed by atoms with Gasteiger partial charge in [-0.15, -0.1) is 0 Å². The summed E-state index contributed by atoms with van der Waals surface area (Å²) >= 11 is 0. The van der Waals surface area contributed by atoms with Gasteiger partial charge in [0.15, 0.2) is 0 Å². The summed E-state index contributed by atoms with van der Waals surface area (Å²) in [6, 6.07) is 178. The van der Waals surface area contributed by atoms with Gasteiger partial charge in [-0.2, -0.15) is 0 Å². The predicted octanol–water partition coefficient (Wildman–Crippen LogP) is 34.0. The third-order valence-corrected chi connectivity index (χ3v) is 28.3. The van der Waals surface area contributed by atoms with Gasteiger partial charge >= 0.3 is 0 Å². The quantitative estimate of drug-likeness (QED) is 0.0959. The van der Waals surface area contributed by atoms with E-state index >= 15 is 0 Å². The van der Waals surface area contributed by atoms with Gasteiger partial charge in [0.1, 0.15) is 22.3 Å². The Balaban J connectivity index is 0.836. The number of aromatic nitrogens is 1. The number of furan rings is 2. The number of benzene rings is 21. The summed E-state index contributed by atoms with van der Waals surface area (Å²) in [5.41, 5.74) is 43.1. The Morgan fingerprint density at radius 3 is 0.956 bits per heavy atom. The number of hydrogen-bond acceptors (Lipinski definition) is 4. The van der Waals surface area contributed by atoms with Gasteiger partial charge in [0.2, 0.25) is 0 Å². The van der Waals surface area contributed by atoms with Crippen LogP contribution in [0.4, 0.5) is 34.1 Å². The molecule has 0 fully saturated rings. The maximum Gasteiger partial charge on any atom is 0.252 e. The molecular formula is C130H88BN3O2. The molecule has 0 saturated carbocycles. The van der Waals surface area contributed by atoms with Gasteiger partial charge in [0, 0.05) is 72.2 Å². The van der Waals surface area contributed by atoms with Crippen molar-refractivity contribution >= 4 is 123 Å². The molecule has 6 heteroatoms. The van der Waals surface area contributed by atoms with E-state index < -0.39 is 12.1 Å². The van der Waals surface area contributed by atoms with E-state index in [4.69, 9.17) is 8.83 Å². The lowest BCUT2D eigenvalue weighted by Gasteiger charge is -2.46. The number of anilines is 6. The van der Waals surface area contributed by atoms with Crippen LogP contribution in [0.1, 0.15) is 26.3 Å². The van der Waals surface area contributed by atoms with Crippen LogP contribution < -0.4 is 26.2 Å². The van der Waals surface area contributed by atoms with Crippen molar-refractivity contribution in [2.24, 2.45) is 0 Å². The van der Waals surface area contributed by atoms with Crippen molar-refractivity contribution in [2.75, 3.05) is 9.80 Å². The lowest BCUT2D eigenvalue weighted by molar-refractivity contribution is 0.590. The van der Waals surface area contributed by atoms with Crippen molar-refractivity contribution in [1.82, 2.24) is 4.57 Å². The van der Waals surface area contributed by atoms with Crippen LogP contribution in [-0.4, -0.2) is 11.3 Å². The first-order chi connectivity index (χ1) is 67.1. The summed E-state index contributed by atoms with van der Waals surface area (Å²) in [4.78, 5) is 5.43. The van der Waals surface area contributed by atoms with Crippen molar-refractivity contribution in [3.8, 4) is 139 Å². The average Bonchev–Trinajstić information content (AvgIpc) is 1.12. The minimum Gasteiger partial charge on any atom is -0.455 e. The smallest absolute Gasteiger partial charge is 0.252 e. The number of fused-ring (bicyclic) bond motifs is 13. The zero-order chi connectivity index (χ0) is 90.2. The monoisotopic (exact) mass is 1730 g/mol. The normalized spacial score (nSPS) is 12.3. The molecule has 0 N–H and O–H groups in total. The maximum atomic E-state index is 7.79. The highest BCUT2D eigenvalue weighted by atomic mass is 16.3. The van der Waals surface area contributed by atoms with E-state index in [1.807, 2.05) is 0 Å². The molecule has 26 rings (SSSR count). The molecule has 21 aromatic carbocycles. The molecule has 2 aliphatic heterocycles. The van der Waals surface area contributed by atoms with Crippen LogP contribution >= 0.6 is 0 Å². The lowest BCUT2D eigenvalue weighted by atomic mass is 9.33. The molecule has 0 spiro atoms. The Hall–Kier alpha value is -17.3. The first-order valence-corrected chi connectivity index (χ1v) is 47.1. The van der Waals surface area contributed by atoms with E-state index in [0.29, 0.717) is 0 Å². The Labute approximate surface area is 790 Å². The standard InChI is InChI=1S/C130H88BN3O2/c1-130(2,3)101-78-119-125-120(79-101)134(127-108(97-54-32-50-91(72-97)84-37-13-5-14-38-84)82-110(129-124(127)106-60-28-30-62-122(106)136-129)99-56-34-52-93(74-99)86-41-17-7-18-42-86)118-80-102(132-115-68-63-94(87-43-19-8-20-44-87)75-111(115)112-76-95(64-69-116(112)132)88-45-21-9-22-46-88)66-67-113(118)131(125)114-77-100(104-58-26-25-57-103(104)89-47-23-10-24-48-89)65-70-117(114)133(119)126-107(96-53-31-49-90(71-96)83-35-11-4-12-36-83)81-109(128-123(126)105-59-27-29-61-121(105)135-128)98-55-33-51-92(73-98)85-39-15-6-16-40-85/h4-82H,1-3H3. The molecule has 0 unspecified atom stereocenters. The van der Waals surface area contributed by atoms with E-state index in [9.17, 15) is 0 Å². The fraction of sp³-hybridized carbons (Fsp3) is 0.0308. The van der Waals surface area contributed by atoms with Crippen LogP contribution in [0.15, 0.2) is 488 Å². The highest BCUT2D eigenvalue weighted by Crippen LogP contribution is 2.59. The SMILES string of the molecule is CC(C)(C)c1cc2c3c(c1)N(c1c(-c4cccc(-c5ccccc5)c4)cc(-c4cccc(-c5ccccc5)c4)c4oc5ccccc5c14)c1cc(-n4c5ccc(-c6ccccc6)cc5c5cc(-c6ccccc6)ccc54)ccc1B3c1cc(-c3ccccc3-c3ccccc3)ccc1N2c1c(-c2cccc(-c3ccccc3)c2)cc(-c2cccc(-c3ccccc3)c2)c2oc3ccccc3c12. The average molecular weight is 1730 g/mol. The number of rotatable bonds is 15. The molecule has 0 amide bonds. The van der Waals surface area contributed by atoms with Gasteiger partial charge in [0.05, 0.1) is 33.2 Å². The van der Waals surface area contributed by atoms with Crippen molar-refractivity contribution < 1.29 is 8.83 Å². The fourth-order valence-corrected chi connectivity index (χ4v) is 21.8. The van der Waals surface area contributed by atoms with Crippen molar-refractivity contribution in [1.29, 1.82) is 0 Å². The summed E-state index contributed by atoms with van der Waals surface area (Å²) in [5.74, 6) is 0. The van der Waals surface area contributed by atoms with E-state index in [-0.39, 0.29) is 0 Å². The predicted molar refractivity (Wildman–Crippen MR) is 573 cm³/mol. The van der Waals surface area contributed by atoms with Crippen LogP contribution in [-0.2, 0) is 5.41 Å². The van der Waals surface area contributed by atoms with Gasteiger partial charge in [-0.3, -0.25) is 0 Å². The molecule has 5 nitrogen and oxygen atoms in total. The molecule has 0 bridgehead atoms. The van der Waals surface area contributed by atoms with E-state index in [1.54, 1.807) is 0 Å². The first kappa shape index (κ1) is 79.6. The largest absolute Gasteiger partial charge is 0.455 e. The summed E-state index contributed by atoms with van der Waals surface area (Å²) in [6.45, 7) is 6.76. The number of hydrogen-bond donors (Lipinski definition) is 0. The Morgan fingerprint density at radius 2 is 0.544 bits per heavy atom. The van der Waals surface area contributed by atoms with Crippen LogP contribution in [0.5, 0.6) is 0 Å². The molecule has 638 valence electrons. The lowest BCUT2D eigenvalue weighted by Crippen LogP contribution is -2.61. The van der Waals surface area contributed by atoms with Crippen LogP contribution in [0.25, 0.3) is 205 Å². The van der Waals surface area contributed by atoms with E-state index in [0.717, 1.165) is 261 Å². The van der Waals surface area contributed by atoms with E-state index in [2.05, 4.69) is 514 Å². The van der Waals surface area contributed by atoms with Crippen molar-refractivity contribution in [3.63, 3.8) is 0 Å². The molecule has 0 saturated heterocycles. The summed E-state index contributed by atoms with van der Waals surface area (Å²) in [5, 5.41) is 6.34.